The lowest BCUT2D eigenvalue weighted by Crippen LogP contribution is -2.24. The van der Waals surface area contributed by atoms with Gasteiger partial charge in [-0.3, -0.25) is 9.48 Å². The van der Waals surface area contributed by atoms with Gasteiger partial charge in [-0.2, -0.15) is 5.10 Å². The molecule has 1 aliphatic carbocycles. The third kappa shape index (κ3) is 3.77. The summed E-state index contributed by atoms with van der Waals surface area (Å²) in [5.41, 5.74) is 4.06. The molecule has 1 aromatic carbocycles. The van der Waals surface area contributed by atoms with Crippen molar-refractivity contribution in [2.75, 3.05) is 0 Å². The van der Waals surface area contributed by atoms with Gasteiger partial charge >= 0.3 is 0 Å². The molecule has 3 heterocycles. The summed E-state index contributed by atoms with van der Waals surface area (Å²) in [6.45, 7) is 0.190. The molecule has 0 aliphatic heterocycles. The lowest BCUT2D eigenvalue weighted by atomic mass is 10.1. The average molecular weight is 433 g/mol. The average Bonchev–Trinajstić information content (AvgIpc) is 3.52. The highest BCUT2D eigenvalue weighted by atomic mass is 19.1. The Balaban J connectivity index is 1.39. The number of halogens is 1. The van der Waals surface area contributed by atoms with Gasteiger partial charge in [-0.1, -0.05) is 12.8 Å². The summed E-state index contributed by atoms with van der Waals surface area (Å²) in [7, 11) is 3.77. The molecule has 0 saturated heterocycles. The fraction of sp³-hybridized carbons (Fsp3) is 0.333. The molecule has 1 N–H and O–H groups in total. The van der Waals surface area contributed by atoms with Crippen LogP contribution in [0.25, 0.3) is 22.2 Å². The number of hydrogen-bond acceptors (Lipinski definition) is 4. The number of nitrogens with one attached hydrogen (secondary N) is 1. The van der Waals surface area contributed by atoms with Crippen molar-refractivity contribution in [1.29, 1.82) is 0 Å². The van der Waals surface area contributed by atoms with E-state index in [1.54, 1.807) is 17.1 Å². The molecule has 0 unspecified atom stereocenters. The molecule has 164 valence electrons. The molecule has 1 saturated carbocycles. The van der Waals surface area contributed by atoms with Crippen LogP contribution in [0.2, 0.25) is 0 Å². The number of aromatic nitrogens is 5. The number of carbonyl (C=O) groups is 1. The van der Waals surface area contributed by atoms with Crippen LogP contribution in [-0.4, -0.2) is 30.2 Å². The van der Waals surface area contributed by atoms with Gasteiger partial charge in [0, 0.05) is 44.5 Å². The van der Waals surface area contributed by atoms with Crippen molar-refractivity contribution in [3.8, 4) is 11.1 Å². The number of hydrogen-bond donors (Lipinski definition) is 1. The first-order valence-corrected chi connectivity index (χ1v) is 10.9. The molecule has 1 amide bonds. The van der Waals surface area contributed by atoms with E-state index in [1.165, 1.54) is 25.0 Å². The predicted molar refractivity (Wildman–Crippen MR) is 119 cm³/mol. The van der Waals surface area contributed by atoms with E-state index in [0.717, 1.165) is 40.8 Å². The number of amides is 1. The molecule has 32 heavy (non-hydrogen) atoms. The standard InChI is InChI=1S/C24H25FN6O/c1-30-14-18(13-28-30)17-9-15(10-19(25)11-17)12-27-24(32)21-22-20(7-8-26-21)29-23(31(22)2)16-5-3-4-6-16/h7-11,13-14,16H,3-6,12H2,1-2H3,(H,27,32). The van der Waals surface area contributed by atoms with Crippen molar-refractivity contribution in [2.45, 2.75) is 38.1 Å². The van der Waals surface area contributed by atoms with E-state index < -0.39 is 0 Å². The van der Waals surface area contributed by atoms with E-state index >= 15 is 0 Å². The van der Waals surface area contributed by atoms with E-state index in [-0.39, 0.29) is 18.3 Å². The fourth-order valence-corrected chi connectivity index (χ4v) is 4.65. The van der Waals surface area contributed by atoms with Crippen LogP contribution in [0.3, 0.4) is 0 Å². The first-order chi connectivity index (χ1) is 15.5. The van der Waals surface area contributed by atoms with Crippen LogP contribution in [0.15, 0.2) is 42.9 Å². The molecular formula is C24H25FN6O. The molecule has 0 spiro atoms. The molecule has 8 heteroatoms. The van der Waals surface area contributed by atoms with Crippen LogP contribution in [0, 0.1) is 5.82 Å². The molecule has 7 nitrogen and oxygen atoms in total. The second kappa shape index (κ2) is 8.18. The minimum absolute atomic E-state index is 0.190. The van der Waals surface area contributed by atoms with Crippen LogP contribution in [-0.2, 0) is 20.6 Å². The summed E-state index contributed by atoms with van der Waals surface area (Å²) in [5, 5.41) is 7.04. The molecule has 4 aromatic rings. The number of pyridine rings is 1. The van der Waals surface area contributed by atoms with Gasteiger partial charge < -0.3 is 9.88 Å². The van der Waals surface area contributed by atoms with Gasteiger partial charge in [0.2, 0.25) is 0 Å². The quantitative estimate of drug-likeness (QED) is 0.515. The van der Waals surface area contributed by atoms with E-state index in [2.05, 4.69) is 15.4 Å². The van der Waals surface area contributed by atoms with Crippen LogP contribution in [0.4, 0.5) is 4.39 Å². The Morgan fingerprint density at radius 1 is 1.19 bits per heavy atom. The van der Waals surface area contributed by atoms with E-state index in [0.29, 0.717) is 17.2 Å². The molecule has 0 radical (unpaired) electrons. The Morgan fingerprint density at radius 3 is 2.75 bits per heavy atom. The van der Waals surface area contributed by atoms with Gasteiger partial charge in [-0.15, -0.1) is 0 Å². The van der Waals surface area contributed by atoms with Crippen LogP contribution in [0.1, 0.15) is 53.5 Å². The highest BCUT2D eigenvalue weighted by molar-refractivity contribution is 6.03. The Kier molecular flexibility index (Phi) is 5.20. The Morgan fingerprint density at radius 2 is 2.00 bits per heavy atom. The fourth-order valence-electron chi connectivity index (χ4n) is 4.65. The number of benzene rings is 1. The molecule has 1 fully saturated rings. The zero-order valence-corrected chi connectivity index (χ0v) is 18.2. The lowest BCUT2D eigenvalue weighted by Gasteiger charge is -2.11. The lowest BCUT2D eigenvalue weighted by molar-refractivity contribution is 0.0947. The monoisotopic (exact) mass is 432 g/mol. The van der Waals surface area contributed by atoms with Crippen LogP contribution < -0.4 is 5.32 Å². The summed E-state index contributed by atoms with van der Waals surface area (Å²) < 4.78 is 17.9. The summed E-state index contributed by atoms with van der Waals surface area (Å²) in [4.78, 5) is 22.2. The van der Waals surface area contributed by atoms with E-state index in [9.17, 15) is 9.18 Å². The number of aryl methyl sites for hydroxylation is 2. The minimum Gasteiger partial charge on any atom is -0.347 e. The van der Waals surface area contributed by atoms with Gasteiger partial charge in [-0.25, -0.2) is 14.4 Å². The third-order valence-corrected chi connectivity index (χ3v) is 6.20. The van der Waals surface area contributed by atoms with Crippen LogP contribution >= 0.6 is 0 Å². The number of imidazole rings is 1. The maximum atomic E-state index is 14.2. The van der Waals surface area contributed by atoms with Gasteiger partial charge in [-0.05, 0) is 48.2 Å². The molecule has 0 atom stereocenters. The van der Waals surface area contributed by atoms with Crippen molar-refractivity contribution >= 4 is 16.9 Å². The number of fused-ring (bicyclic) bond motifs is 1. The van der Waals surface area contributed by atoms with Crippen LogP contribution in [0.5, 0.6) is 0 Å². The van der Waals surface area contributed by atoms with Gasteiger partial charge in [0.15, 0.2) is 5.69 Å². The SMILES string of the molecule is Cn1cc(-c2cc(F)cc(CNC(=O)c3nccc4nc(C5CCCC5)n(C)c34)c2)cn1. The second-order valence-corrected chi connectivity index (χ2v) is 8.47. The maximum Gasteiger partial charge on any atom is 0.272 e. The molecule has 3 aromatic heterocycles. The van der Waals surface area contributed by atoms with Gasteiger partial charge in [0.1, 0.15) is 11.6 Å². The topological polar surface area (TPSA) is 77.6 Å². The second-order valence-electron chi connectivity index (χ2n) is 8.47. The summed E-state index contributed by atoms with van der Waals surface area (Å²) in [6.07, 6.45) is 9.82. The van der Waals surface area contributed by atoms with Gasteiger partial charge in [0.05, 0.1) is 17.2 Å². The Bertz CT molecular complexity index is 1300. The zero-order chi connectivity index (χ0) is 22.2. The summed E-state index contributed by atoms with van der Waals surface area (Å²) >= 11 is 0. The highest BCUT2D eigenvalue weighted by Gasteiger charge is 2.25. The third-order valence-electron chi connectivity index (χ3n) is 6.20. The molecular weight excluding hydrogens is 407 g/mol. The predicted octanol–water partition coefficient (Wildman–Crippen LogP) is 4.10. The molecule has 1 aliphatic rings. The first kappa shape index (κ1) is 20.4. The van der Waals surface area contributed by atoms with Gasteiger partial charge in [0.25, 0.3) is 5.91 Å². The number of nitrogens with zero attached hydrogens (tertiary/aromatic N) is 5. The molecule has 5 rings (SSSR count). The first-order valence-electron chi connectivity index (χ1n) is 10.9. The van der Waals surface area contributed by atoms with Crippen molar-refractivity contribution in [3.05, 3.63) is 65.8 Å². The zero-order valence-electron chi connectivity index (χ0n) is 18.2. The summed E-state index contributed by atoms with van der Waals surface area (Å²) in [5.74, 6) is 0.791. The highest BCUT2D eigenvalue weighted by Crippen LogP contribution is 2.35. The van der Waals surface area contributed by atoms with Crippen molar-refractivity contribution in [1.82, 2.24) is 29.6 Å². The number of carbonyl (C=O) groups excluding carboxylic acids is 1. The minimum atomic E-state index is -0.358. The van der Waals surface area contributed by atoms with Crippen molar-refractivity contribution < 1.29 is 9.18 Å². The number of rotatable bonds is 5. The Hall–Kier alpha value is -3.55. The van der Waals surface area contributed by atoms with E-state index in [4.69, 9.17) is 4.98 Å². The normalized spacial score (nSPS) is 14.3. The largest absolute Gasteiger partial charge is 0.347 e. The summed E-state index contributed by atoms with van der Waals surface area (Å²) in [6, 6.07) is 6.59. The Labute approximate surface area is 185 Å². The molecule has 0 bridgehead atoms. The smallest absolute Gasteiger partial charge is 0.272 e. The van der Waals surface area contributed by atoms with E-state index in [1.807, 2.05) is 37.0 Å². The van der Waals surface area contributed by atoms with Crippen molar-refractivity contribution in [2.24, 2.45) is 14.1 Å². The maximum absolute atomic E-state index is 14.2. The van der Waals surface area contributed by atoms with Crippen molar-refractivity contribution in [3.63, 3.8) is 0 Å².